The molecule has 0 unspecified atom stereocenters. The minimum absolute atomic E-state index is 0.0731. The Morgan fingerprint density at radius 2 is 1.81 bits per heavy atom. The average Bonchev–Trinajstić information content (AvgIpc) is 3.17. The zero-order valence-corrected chi connectivity index (χ0v) is 16.2. The van der Waals surface area contributed by atoms with Gasteiger partial charge in [-0.2, -0.15) is 0 Å². The Morgan fingerprint density at radius 1 is 1.15 bits per heavy atom. The first kappa shape index (κ1) is 19.1. The number of hydrogen-bond donors (Lipinski definition) is 1. The maximum atomic E-state index is 12.8. The van der Waals surface area contributed by atoms with Crippen LogP contribution < -0.4 is 9.46 Å². The summed E-state index contributed by atoms with van der Waals surface area (Å²) in [6, 6.07) is 4.43. The number of hydrogen-bond acceptors (Lipinski definition) is 5. The Hall–Kier alpha value is -1.64. The van der Waals surface area contributed by atoms with Crippen molar-refractivity contribution >= 4 is 15.9 Å². The maximum Gasteiger partial charge on any atom is 0.257 e. The highest BCUT2D eigenvalue weighted by Gasteiger charge is 2.27. The highest BCUT2D eigenvalue weighted by Crippen LogP contribution is 2.26. The third-order valence-electron chi connectivity index (χ3n) is 5.15. The summed E-state index contributed by atoms with van der Waals surface area (Å²) >= 11 is 0. The van der Waals surface area contributed by atoms with Gasteiger partial charge in [-0.1, -0.05) is 0 Å². The smallest absolute Gasteiger partial charge is 0.257 e. The molecule has 0 bridgehead atoms. The monoisotopic (exact) mass is 381 g/mol. The highest BCUT2D eigenvalue weighted by molar-refractivity contribution is 7.89. The molecule has 3 rings (SSSR count). The van der Waals surface area contributed by atoms with Crippen LogP contribution in [0.5, 0.6) is 5.75 Å². The molecule has 0 spiro atoms. The van der Waals surface area contributed by atoms with Crippen LogP contribution in [0.25, 0.3) is 0 Å². The Bertz CT molecular complexity index is 752. The van der Waals surface area contributed by atoms with E-state index in [1.54, 1.807) is 11.0 Å². The normalized spacial score (nSPS) is 19.7. The van der Waals surface area contributed by atoms with Crippen LogP contribution in [0.15, 0.2) is 23.1 Å². The number of carbonyl (C=O) groups excluding carboxylic acids is 1. The summed E-state index contributed by atoms with van der Waals surface area (Å²) in [5.41, 5.74) is 0.306. The van der Waals surface area contributed by atoms with E-state index in [1.165, 1.54) is 19.2 Å². The van der Waals surface area contributed by atoms with E-state index in [4.69, 9.17) is 4.74 Å². The van der Waals surface area contributed by atoms with Gasteiger partial charge in [0.05, 0.1) is 17.6 Å². The lowest BCUT2D eigenvalue weighted by atomic mass is 10.1. The summed E-state index contributed by atoms with van der Waals surface area (Å²) in [6.07, 6.45) is 3.52. The lowest BCUT2D eigenvalue weighted by Crippen LogP contribution is -2.43. The van der Waals surface area contributed by atoms with Gasteiger partial charge in [0, 0.05) is 19.1 Å². The number of sulfonamides is 1. The van der Waals surface area contributed by atoms with Crippen LogP contribution in [-0.2, 0) is 10.0 Å². The fourth-order valence-corrected chi connectivity index (χ4v) is 4.86. The number of rotatable bonds is 5. The molecule has 1 aromatic carbocycles. The topological polar surface area (TPSA) is 79.0 Å². The largest absolute Gasteiger partial charge is 0.496 e. The number of methoxy groups -OCH3 is 1. The average molecular weight is 381 g/mol. The number of likely N-dealkylation sites (tertiary alicyclic amines) is 2. The number of nitrogens with zero attached hydrogens (tertiary/aromatic N) is 2. The molecule has 1 aromatic rings. The molecule has 2 aliphatic rings. The molecule has 8 heteroatoms. The second-order valence-electron chi connectivity index (χ2n) is 7.06. The predicted molar refractivity (Wildman–Crippen MR) is 99.0 cm³/mol. The number of carbonyl (C=O) groups is 1. The summed E-state index contributed by atoms with van der Waals surface area (Å²) in [7, 11) is -0.157. The van der Waals surface area contributed by atoms with Gasteiger partial charge < -0.3 is 14.5 Å². The first-order chi connectivity index (χ1) is 12.4. The summed E-state index contributed by atoms with van der Waals surface area (Å²) in [5, 5.41) is 0. The molecule has 0 atom stereocenters. The van der Waals surface area contributed by atoms with Gasteiger partial charge in [0.1, 0.15) is 5.75 Å². The Labute approximate surface area is 155 Å². The SMILES string of the molecule is COc1ccc(S(=O)(=O)NC2CCN(C)CC2)cc1C(=O)N1CCCC1. The number of amides is 1. The van der Waals surface area contributed by atoms with Crippen molar-refractivity contribution in [3.05, 3.63) is 23.8 Å². The molecule has 26 heavy (non-hydrogen) atoms. The van der Waals surface area contributed by atoms with Gasteiger partial charge in [-0.05, 0) is 64.0 Å². The molecule has 0 radical (unpaired) electrons. The fraction of sp³-hybridized carbons (Fsp3) is 0.611. The van der Waals surface area contributed by atoms with E-state index >= 15 is 0 Å². The van der Waals surface area contributed by atoms with Crippen LogP contribution in [0.3, 0.4) is 0 Å². The van der Waals surface area contributed by atoms with E-state index < -0.39 is 10.0 Å². The van der Waals surface area contributed by atoms with Crippen LogP contribution >= 0.6 is 0 Å². The molecular formula is C18H27N3O4S. The van der Waals surface area contributed by atoms with Gasteiger partial charge in [0.2, 0.25) is 10.0 Å². The van der Waals surface area contributed by atoms with Crippen molar-refractivity contribution in [2.75, 3.05) is 40.3 Å². The second-order valence-corrected chi connectivity index (χ2v) is 8.77. The molecule has 1 N–H and O–H groups in total. The molecule has 7 nitrogen and oxygen atoms in total. The van der Waals surface area contributed by atoms with Crippen molar-refractivity contribution in [1.82, 2.24) is 14.5 Å². The van der Waals surface area contributed by atoms with Crippen LogP contribution in [0.2, 0.25) is 0 Å². The summed E-state index contributed by atoms with van der Waals surface area (Å²) in [6.45, 7) is 3.14. The third-order valence-corrected chi connectivity index (χ3v) is 6.66. The van der Waals surface area contributed by atoms with E-state index in [0.717, 1.165) is 38.8 Å². The van der Waals surface area contributed by atoms with E-state index in [0.29, 0.717) is 24.4 Å². The lowest BCUT2D eigenvalue weighted by molar-refractivity contribution is 0.0789. The van der Waals surface area contributed by atoms with Crippen LogP contribution in [0.4, 0.5) is 0 Å². The molecule has 0 aliphatic carbocycles. The van der Waals surface area contributed by atoms with Crippen LogP contribution in [0, 0.1) is 0 Å². The minimum Gasteiger partial charge on any atom is -0.496 e. The molecule has 2 heterocycles. The van der Waals surface area contributed by atoms with E-state index in [-0.39, 0.29) is 16.8 Å². The molecule has 2 fully saturated rings. The van der Waals surface area contributed by atoms with Crippen molar-refractivity contribution in [3.8, 4) is 5.75 Å². The Morgan fingerprint density at radius 3 is 2.42 bits per heavy atom. The van der Waals surface area contributed by atoms with E-state index in [2.05, 4.69) is 9.62 Å². The zero-order chi connectivity index (χ0) is 18.7. The lowest BCUT2D eigenvalue weighted by Gasteiger charge is -2.29. The third kappa shape index (κ3) is 4.19. The minimum atomic E-state index is -3.68. The van der Waals surface area contributed by atoms with E-state index in [1.807, 2.05) is 7.05 Å². The van der Waals surface area contributed by atoms with Crippen molar-refractivity contribution in [2.45, 2.75) is 36.6 Å². The maximum absolute atomic E-state index is 12.8. The van der Waals surface area contributed by atoms with Crippen molar-refractivity contribution in [1.29, 1.82) is 0 Å². The van der Waals surface area contributed by atoms with Gasteiger partial charge in [-0.3, -0.25) is 4.79 Å². The summed E-state index contributed by atoms with van der Waals surface area (Å²) < 4.78 is 33.6. The Balaban J connectivity index is 1.82. The molecule has 144 valence electrons. The van der Waals surface area contributed by atoms with Crippen molar-refractivity contribution < 1.29 is 17.9 Å². The fourth-order valence-electron chi connectivity index (χ4n) is 3.53. The summed E-state index contributed by atoms with van der Waals surface area (Å²) in [4.78, 5) is 16.8. The molecule has 0 aromatic heterocycles. The molecule has 1 amide bonds. The molecular weight excluding hydrogens is 354 g/mol. The second kappa shape index (κ2) is 7.94. The van der Waals surface area contributed by atoms with Gasteiger partial charge in [0.25, 0.3) is 5.91 Å². The highest BCUT2D eigenvalue weighted by atomic mass is 32.2. The van der Waals surface area contributed by atoms with Crippen LogP contribution in [0.1, 0.15) is 36.0 Å². The van der Waals surface area contributed by atoms with Gasteiger partial charge >= 0.3 is 0 Å². The number of benzene rings is 1. The van der Waals surface area contributed by atoms with Gasteiger partial charge in [-0.15, -0.1) is 0 Å². The van der Waals surface area contributed by atoms with Crippen molar-refractivity contribution in [3.63, 3.8) is 0 Å². The Kier molecular flexibility index (Phi) is 5.84. The van der Waals surface area contributed by atoms with Gasteiger partial charge in [-0.25, -0.2) is 13.1 Å². The van der Waals surface area contributed by atoms with Gasteiger partial charge in [0.15, 0.2) is 0 Å². The number of nitrogens with one attached hydrogen (secondary N) is 1. The van der Waals surface area contributed by atoms with Crippen LogP contribution in [-0.4, -0.2) is 70.5 Å². The standard InChI is InChI=1S/C18H27N3O4S/c1-20-11-7-14(8-12-20)19-26(23,24)15-5-6-17(25-2)16(13-15)18(22)21-9-3-4-10-21/h5-6,13-14,19H,3-4,7-12H2,1-2H3. The molecule has 2 aliphatic heterocycles. The first-order valence-corrected chi connectivity index (χ1v) is 10.6. The molecule has 2 saturated heterocycles. The number of ether oxygens (including phenoxy) is 1. The molecule has 0 saturated carbocycles. The summed E-state index contributed by atoms with van der Waals surface area (Å²) in [5.74, 6) is 0.232. The number of piperidine rings is 1. The predicted octanol–water partition coefficient (Wildman–Crippen LogP) is 1.30. The van der Waals surface area contributed by atoms with Crippen molar-refractivity contribution in [2.24, 2.45) is 0 Å². The quantitative estimate of drug-likeness (QED) is 0.832. The zero-order valence-electron chi connectivity index (χ0n) is 15.4. The van der Waals surface area contributed by atoms with E-state index in [9.17, 15) is 13.2 Å². The first-order valence-electron chi connectivity index (χ1n) is 9.09.